The molecule has 0 aliphatic carbocycles. The van der Waals surface area contributed by atoms with E-state index >= 15 is 0 Å². The van der Waals surface area contributed by atoms with Gasteiger partial charge >= 0.3 is 0 Å². The number of rotatable bonds is 4. The van der Waals surface area contributed by atoms with Crippen LogP contribution in [0.25, 0.3) is 0 Å². The van der Waals surface area contributed by atoms with E-state index in [4.69, 9.17) is 15.6 Å². The highest BCUT2D eigenvalue weighted by atomic mass is 16.5. The van der Waals surface area contributed by atoms with Gasteiger partial charge in [0, 0.05) is 26.7 Å². The first kappa shape index (κ1) is 10.4. The predicted octanol–water partition coefficient (Wildman–Crippen LogP) is -1.45. The zero-order valence-corrected chi connectivity index (χ0v) is 7.77. The number of amides is 1. The van der Waals surface area contributed by atoms with Crippen molar-refractivity contribution in [3.05, 3.63) is 0 Å². The van der Waals surface area contributed by atoms with Crippen LogP contribution >= 0.6 is 0 Å². The summed E-state index contributed by atoms with van der Waals surface area (Å²) in [6, 6.07) is 0. The number of ether oxygens (including phenoxy) is 1. The summed E-state index contributed by atoms with van der Waals surface area (Å²) in [5.74, 6) is 0.00241. The van der Waals surface area contributed by atoms with Gasteiger partial charge < -0.3 is 20.5 Å². The lowest BCUT2D eigenvalue weighted by molar-refractivity contribution is -0.143. The van der Waals surface area contributed by atoms with Crippen molar-refractivity contribution in [2.45, 2.75) is 18.6 Å². The van der Waals surface area contributed by atoms with Gasteiger partial charge in [-0.1, -0.05) is 0 Å². The van der Waals surface area contributed by atoms with Crippen LogP contribution in [-0.4, -0.2) is 54.9 Å². The molecule has 1 aliphatic heterocycles. The Morgan fingerprint density at radius 2 is 2.38 bits per heavy atom. The van der Waals surface area contributed by atoms with Crippen LogP contribution in [0.2, 0.25) is 0 Å². The van der Waals surface area contributed by atoms with Gasteiger partial charge in [-0.3, -0.25) is 4.79 Å². The topological polar surface area (TPSA) is 75.8 Å². The molecule has 13 heavy (non-hydrogen) atoms. The summed E-state index contributed by atoms with van der Waals surface area (Å²) in [5.41, 5.74) is 5.37. The number of aliphatic hydroxyl groups excluding tert-OH is 1. The van der Waals surface area contributed by atoms with Crippen molar-refractivity contribution in [1.82, 2.24) is 4.90 Å². The van der Waals surface area contributed by atoms with Gasteiger partial charge in [0.1, 0.15) is 0 Å². The molecule has 0 aromatic heterocycles. The Bertz CT molecular complexity index is 176. The molecule has 1 saturated heterocycles. The number of carbonyl (C=O) groups excluding carboxylic acids is 1. The van der Waals surface area contributed by atoms with E-state index in [0.717, 1.165) is 0 Å². The van der Waals surface area contributed by atoms with Crippen molar-refractivity contribution >= 4 is 5.91 Å². The maximum atomic E-state index is 11.4. The Morgan fingerprint density at radius 1 is 1.77 bits per heavy atom. The van der Waals surface area contributed by atoms with Crippen LogP contribution in [0.1, 0.15) is 6.42 Å². The molecule has 1 unspecified atom stereocenters. The quantitative estimate of drug-likeness (QED) is 0.566. The molecule has 1 atom stereocenters. The summed E-state index contributed by atoms with van der Waals surface area (Å²) in [6.07, 6.45) is -0.243. The third kappa shape index (κ3) is 2.65. The Kier molecular flexibility index (Phi) is 3.65. The smallest absolute Gasteiger partial charge is 0.225 e. The fraction of sp³-hybridized carbons (Fsp3) is 0.875. The molecule has 1 fully saturated rings. The lowest BCUT2D eigenvalue weighted by atomic mass is 10.1. The number of hydrogen-bond acceptors (Lipinski definition) is 4. The van der Waals surface area contributed by atoms with Gasteiger partial charge in [0.2, 0.25) is 5.91 Å². The number of carbonyl (C=O) groups is 1. The normalized spacial score (nSPS) is 19.8. The highest BCUT2D eigenvalue weighted by molar-refractivity contribution is 5.77. The summed E-state index contributed by atoms with van der Waals surface area (Å²) >= 11 is 0. The van der Waals surface area contributed by atoms with E-state index in [1.165, 1.54) is 7.11 Å². The largest absolute Gasteiger partial charge is 0.389 e. The van der Waals surface area contributed by atoms with E-state index < -0.39 is 0 Å². The Morgan fingerprint density at radius 3 is 2.77 bits per heavy atom. The number of nitrogens with two attached hydrogens (primary N) is 1. The second kappa shape index (κ2) is 4.55. The maximum absolute atomic E-state index is 11.4. The lowest BCUT2D eigenvalue weighted by Crippen LogP contribution is -2.54. The first-order chi connectivity index (χ1) is 6.17. The van der Waals surface area contributed by atoms with Crippen LogP contribution in [0.5, 0.6) is 0 Å². The minimum absolute atomic E-state index is 0.00241. The van der Waals surface area contributed by atoms with Crippen LogP contribution in [0.3, 0.4) is 0 Å². The highest BCUT2D eigenvalue weighted by Crippen LogP contribution is 2.10. The molecule has 5 heteroatoms. The minimum Gasteiger partial charge on any atom is -0.389 e. The van der Waals surface area contributed by atoms with Crippen LogP contribution in [0, 0.1) is 0 Å². The van der Waals surface area contributed by atoms with Crippen molar-refractivity contribution in [2.75, 3.05) is 26.7 Å². The van der Waals surface area contributed by atoms with Crippen LogP contribution in [0.4, 0.5) is 0 Å². The first-order valence-electron chi connectivity index (χ1n) is 4.36. The Hall–Kier alpha value is -0.650. The molecule has 1 heterocycles. The highest BCUT2D eigenvalue weighted by Gasteiger charge is 2.29. The van der Waals surface area contributed by atoms with Crippen molar-refractivity contribution in [3.63, 3.8) is 0 Å². The van der Waals surface area contributed by atoms with Gasteiger partial charge in [-0.05, 0) is 0 Å². The molecule has 1 aliphatic rings. The van der Waals surface area contributed by atoms with Crippen LogP contribution < -0.4 is 5.73 Å². The molecular formula is C8H16N2O3. The third-order valence-corrected chi connectivity index (χ3v) is 2.21. The summed E-state index contributed by atoms with van der Waals surface area (Å²) in [4.78, 5) is 13.0. The average Bonchev–Trinajstić information content (AvgIpc) is 2.08. The summed E-state index contributed by atoms with van der Waals surface area (Å²) in [5, 5.41) is 8.97. The fourth-order valence-corrected chi connectivity index (χ4v) is 1.25. The van der Waals surface area contributed by atoms with Crippen LogP contribution in [0.15, 0.2) is 0 Å². The Balaban J connectivity index is 2.24. The summed E-state index contributed by atoms with van der Waals surface area (Å²) in [6.45, 7) is 1.23. The van der Waals surface area contributed by atoms with Gasteiger partial charge in [-0.25, -0.2) is 0 Å². The Labute approximate surface area is 77.5 Å². The molecule has 0 aromatic carbocycles. The van der Waals surface area contributed by atoms with Crippen molar-refractivity contribution in [3.8, 4) is 0 Å². The molecule has 5 nitrogen and oxygen atoms in total. The number of nitrogens with zero attached hydrogens (tertiary/aromatic N) is 1. The zero-order chi connectivity index (χ0) is 9.84. The molecule has 3 N–H and O–H groups in total. The number of aliphatic hydroxyl groups is 1. The van der Waals surface area contributed by atoms with Crippen molar-refractivity contribution in [1.29, 1.82) is 0 Å². The summed E-state index contributed by atoms with van der Waals surface area (Å²) in [7, 11) is 1.54. The van der Waals surface area contributed by atoms with Crippen molar-refractivity contribution in [2.24, 2.45) is 5.73 Å². The molecule has 76 valence electrons. The van der Waals surface area contributed by atoms with Gasteiger partial charge in [0.25, 0.3) is 0 Å². The van der Waals surface area contributed by atoms with Gasteiger partial charge in [0.15, 0.2) is 0 Å². The molecule has 0 spiro atoms. The minimum atomic E-state index is -0.345. The molecule has 1 amide bonds. The van der Waals surface area contributed by atoms with Gasteiger partial charge in [-0.2, -0.15) is 0 Å². The third-order valence-electron chi connectivity index (χ3n) is 2.21. The standard InChI is InChI=1S/C8H16N2O3/c1-13-7(3-9)2-8(12)10-4-6(11)5-10/h6-7,11H,2-5,9H2,1H3. The number of hydrogen-bond donors (Lipinski definition) is 2. The molecule has 1 rings (SSSR count). The molecule has 0 radical (unpaired) electrons. The van der Waals surface area contributed by atoms with Crippen molar-refractivity contribution < 1.29 is 14.6 Å². The maximum Gasteiger partial charge on any atom is 0.225 e. The molecular weight excluding hydrogens is 172 g/mol. The lowest BCUT2D eigenvalue weighted by Gasteiger charge is -2.36. The average molecular weight is 188 g/mol. The molecule has 0 saturated carbocycles. The second-order valence-corrected chi connectivity index (χ2v) is 3.25. The van der Waals surface area contributed by atoms with Gasteiger partial charge in [0.05, 0.1) is 18.6 Å². The summed E-state index contributed by atoms with van der Waals surface area (Å²) < 4.78 is 4.98. The van der Waals surface area contributed by atoms with Gasteiger partial charge in [-0.15, -0.1) is 0 Å². The van der Waals surface area contributed by atoms with E-state index in [9.17, 15) is 4.79 Å². The van der Waals surface area contributed by atoms with E-state index in [0.29, 0.717) is 26.1 Å². The molecule has 0 aromatic rings. The first-order valence-corrected chi connectivity index (χ1v) is 4.36. The zero-order valence-electron chi connectivity index (χ0n) is 7.77. The predicted molar refractivity (Wildman–Crippen MR) is 47.1 cm³/mol. The SMILES string of the molecule is COC(CN)CC(=O)N1CC(O)C1. The molecule has 0 bridgehead atoms. The van der Waals surface area contributed by atoms with E-state index in [1.54, 1.807) is 4.90 Å². The monoisotopic (exact) mass is 188 g/mol. The second-order valence-electron chi connectivity index (χ2n) is 3.25. The van der Waals surface area contributed by atoms with E-state index in [1.807, 2.05) is 0 Å². The van der Waals surface area contributed by atoms with Crippen LogP contribution in [-0.2, 0) is 9.53 Å². The fourth-order valence-electron chi connectivity index (χ4n) is 1.25. The number of β-amino-alcohol motifs (C(OH)–C–C–N with tert-alkyl or cyclic N) is 1. The van der Waals surface area contributed by atoms with E-state index in [-0.39, 0.29) is 18.1 Å². The number of likely N-dealkylation sites (tertiary alicyclic amines) is 1. The van der Waals surface area contributed by atoms with E-state index in [2.05, 4.69) is 0 Å². The number of methoxy groups -OCH3 is 1.